The van der Waals surface area contributed by atoms with E-state index in [2.05, 4.69) is 36.3 Å². The van der Waals surface area contributed by atoms with Crippen molar-refractivity contribution in [2.45, 2.75) is 0 Å². The van der Waals surface area contributed by atoms with E-state index in [0.717, 1.165) is 36.9 Å². The van der Waals surface area contributed by atoms with Gasteiger partial charge in [-0.1, -0.05) is 11.6 Å². The molecule has 0 aliphatic rings. The summed E-state index contributed by atoms with van der Waals surface area (Å²) in [5, 5.41) is 4.15. The van der Waals surface area contributed by atoms with Gasteiger partial charge in [0, 0.05) is 36.9 Å². The minimum Gasteiger partial charge on any atom is -0.384 e. The van der Waals surface area contributed by atoms with Crippen LogP contribution in [0.5, 0.6) is 0 Å². The Balaban J connectivity index is 2.16. The van der Waals surface area contributed by atoms with Crippen molar-refractivity contribution in [3.8, 4) is 0 Å². The van der Waals surface area contributed by atoms with Crippen LogP contribution in [-0.2, 0) is 0 Å². The molecule has 0 saturated carbocycles. The highest BCUT2D eigenvalue weighted by Gasteiger charge is 1.99. The van der Waals surface area contributed by atoms with Gasteiger partial charge >= 0.3 is 0 Å². The molecule has 0 heterocycles. The van der Waals surface area contributed by atoms with Gasteiger partial charge in [0.05, 0.1) is 0 Å². The number of benzene rings is 1. The maximum atomic E-state index is 5.83. The van der Waals surface area contributed by atoms with Crippen molar-refractivity contribution < 1.29 is 0 Å². The standard InChI is InChI=1S/C13H22ClN3/c1-16(2)10-11-17(3)9-8-15-13-6-4-12(14)5-7-13/h4-7,15H,8-11H2,1-3H3. The van der Waals surface area contributed by atoms with Crippen molar-refractivity contribution in [3.63, 3.8) is 0 Å². The third-order valence-electron chi connectivity index (χ3n) is 2.60. The molecule has 1 N–H and O–H groups in total. The van der Waals surface area contributed by atoms with Crippen molar-refractivity contribution in [1.29, 1.82) is 0 Å². The SMILES string of the molecule is CN(C)CCN(C)CCNc1ccc(Cl)cc1. The van der Waals surface area contributed by atoms with Gasteiger partial charge < -0.3 is 15.1 Å². The van der Waals surface area contributed by atoms with Crippen molar-refractivity contribution in [3.05, 3.63) is 29.3 Å². The fourth-order valence-electron chi connectivity index (χ4n) is 1.44. The molecule has 4 heteroatoms. The molecule has 1 aromatic rings. The van der Waals surface area contributed by atoms with Crippen LogP contribution in [0.25, 0.3) is 0 Å². The molecule has 0 fully saturated rings. The summed E-state index contributed by atoms with van der Waals surface area (Å²) in [4.78, 5) is 4.52. The second kappa shape index (κ2) is 7.54. The van der Waals surface area contributed by atoms with E-state index in [9.17, 15) is 0 Å². The Bertz CT molecular complexity index is 311. The van der Waals surface area contributed by atoms with Gasteiger partial charge in [-0.15, -0.1) is 0 Å². The highest BCUT2D eigenvalue weighted by atomic mass is 35.5. The summed E-state index contributed by atoms with van der Waals surface area (Å²) in [5.74, 6) is 0. The predicted octanol–water partition coefficient (Wildman–Crippen LogP) is 2.25. The van der Waals surface area contributed by atoms with E-state index in [1.807, 2.05) is 24.3 Å². The van der Waals surface area contributed by atoms with Gasteiger partial charge in [-0.25, -0.2) is 0 Å². The van der Waals surface area contributed by atoms with Gasteiger partial charge in [0.1, 0.15) is 0 Å². The first-order chi connectivity index (χ1) is 8.08. The third kappa shape index (κ3) is 6.51. The quantitative estimate of drug-likeness (QED) is 0.806. The van der Waals surface area contributed by atoms with Crippen molar-refractivity contribution in [1.82, 2.24) is 9.80 Å². The summed E-state index contributed by atoms with van der Waals surface area (Å²) >= 11 is 5.83. The normalized spacial score (nSPS) is 11.2. The lowest BCUT2D eigenvalue weighted by Crippen LogP contribution is -2.32. The minimum atomic E-state index is 0.777. The first-order valence-electron chi connectivity index (χ1n) is 5.90. The Kier molecular flexibility index (Phi) is 6.34. The monoisotopic (exact) mass is 255 g/mol. The van der Waals surface area contributed by atoms with Crippen LogP contribution in [0.3, 0.4) is 0 Å². The average Bonchev–Trinajstić information content (AvgIpc) is 2.29. The molecule has 0 amide bonds. The van der Waals surface area contributed by atoms with Gasteiger partial charge in [0.15, 0.2) is 0 Å². The van der Waals surface area contributed by atoms with Gasteiger partial charge in [0.25, 0.3) is 0 Å². The van der Waals surface area contributed by atoms with Crippen molar-refractivity contribution >= 4 is 17.3 Å². The average molecular weight is 256 g/mol. The number of hydrogen-bond acceptors (Lipinski definition) is 3. The molecule has 0 aliphatic carbocycles. The molecule has 17 heavy (non-hydrogen) atoms. The number of hydrogen-bond donors (Lipinski definition) is 1. The number of likely N-dealkylation sites (N-methyl/N-ethyl adjacent to an activating group) is 2. The predicted molar refractivity (Wildman–Crippen MR) is 76.0 cm³/mol. The zero-order chi connectivity index (χ0) is 12.7. The van der Waals surface area contributed by atoms with E-state index >= 15 is 0 Å². The summed E-state index contributed by atoms with van der Waals surface area (Å²) in [6, 6.07) is 7.81. The van der Waals surface area contributed by atoms with E-state index in [1.54, 1.807) is 0 Å². The second-order valence-corrected chi connectivity index (χ2v) is 4.98. The molecule has 0 bridgehead atoms. The molecule has 96 valence electrons. The summed E-state index contributed by atoms with van der Waals surface area (Å²) in [5.41, 5.74) is 1.12. The Labute approximate surface area is 109 Å². The molecule has 0 atom stereocenters. The molecule has 1 rings (SSSR count). The number of halogens is 1. The van der Waals surface area contributed by atoms with Crippen LogP contribution in [0.15, 0.2) is 24.3 Å². The first-order valence-corrected chi connectivity index (χ1v) is 6.28. The largest absolute Gasteiger partial charge is 0.384 e. The maximum absolute atomic E-state index is 5.83. The van der Waals surface area contributed by atoms with Crippen LogP contribution in [0.2, 0.25) is 5.02 Å². The summed E-state index contributed by atoms with van der Waals surface area (Å²) in [6.07, 6.45) is 0. The molecule has 0 spiro atoms. The van der Waals surface area contributed by atoms with Gasteiger partial charge in [-0.2, -0.15) is 0 Å². The van der Waals surface area contributed by atoms with E-state index in [4.69, 9.17) is 11.6 Å². The van der Waals surface area contributed by atoms with Gasteiger partial charge in [-0.3, -0.25) is 0 Å². The number of nitrogens with one attached hydrogen (secondary N) is 1. The second-order valence-electron chi connectivity index (χ2n) is 4.54. The zero-order valence-electron chi connectivity index (χ0n) is 10.9. The molecular formula is C13H22ClN3. The maximum Gasteiger partial charge on any atom is 0.0407 e. The fourth-order valence-corrected chi connectivity index (χ4v) is 1.57. The summed E-state index contributed by atoms with van der Waals surface area (Å²) in [6.45, 7) is 4.18. The van der Waals surface area contributed by atoms with Crippen LogP contribution in [-0.4, -0.2) is 57.1 Å². The topological polar surface area (TPSA) is 18.5 Å². The molecule has 0 aromatic heterocycles. The van der Waals surface area contributed by atoms with Crippen molar-refractivity contribution in [2.75, 3.05) is 52.6 Å². The minimum absolute atomic E-state index is 0.777. The van der Waals surface area contributed by atoms with Gasteiger partial charge in [0.2, 0.25) is 0 Å². The Morgan fingerprint density at radius 3 is 2.24 bits per heavy atom. The number of nitrogens with zero attached hydrogens (tertiary/aromatic N) is 2. The molecular weight excluding hydrogens is 234 g/mol. The molecule has 0 unspecified atom stereocenters. The van der Waals surface area contributed by atoms with Crippen LogP contribution in [0.1, 0.15) is 0 Å². The van der Waals surface area contributed by atoms with Crippen LogP contribution < -0.4 is 5.32 Å². The van der Waals surface area contributed by atoms with Crippen LogP contribution in [0.4, 0.5) is 5.69 Å². The van der Waals surface area contributed by atoms with Crippen molar-refractivity contribution in [2.24, 2.45) is 0 Å². The highest BCUT2D eigenvalue weighted by Crippen LogP contribution is 2.12. The van der Waals surface area contributed by atoms with E-state index in [-0.39, 0.29) is 0 Å². The molecule has 0 radical (unpaired) electrons. The third-order valence-corrected chi connectivity index (χ3v) is 2.85. The summed E-state index contributed by atoms with van der Waals surface area (Å²) in [7, 11) is 6.34. The van der Waals surface area contributed by atoms with Crippen LogP contribution in [0, 0.1) is 0 Å². The summed E-state index contributed by atoms with van der Waals surface area (Å²) < 4.78 is 0. The van der Waals surface area contributed by atoms with Crippen LogP contribution >= 0.6 is 11.6 Å². The highest BCUT2D eigenvalue weighted by molar-refractivity contribution is 6.30. The zero-order valence-corrected chi connectivity index (χ0v) is 11.7. The van der Waals surface area contributed by atoms with E-state index in [1.165, 1.54) is 0 Å². The van der Waals surface area contributed by atoms with Gasteiger partial charge in [-0.05, 0) is 45.4 Å². The lowest BCUT2D eigenvalue weighted by atomic mass is 10.3. The lowest BCUT2D eigenvalue weighted by molar-refractivity contribution is 0.289. The number of anilines is 1. The number of rotatable bonds is 7. The Morgan fingerprint density at radius 1 is 1.00 bits per heavy atom. The molecule has 0 saturated heterocycles. The fraction of sp³-hybridized carbons (Fsp3) is 0.538. The lowest BCUT2D eigenvalue weighted by Gasteiger charge is -2.19. The molecule has 0 aliphatic heterocycles. The first kappa shape index (κ1) is 14.3. The molecule has 1 aromatic carbocycles. The van der Waals surface area contributed by atoms with E-state index < -0.39 is 0 Å². The van der Waals surface area contributed by atoms with E-state index in [0.29, 0.717) is 0 Å². The molecule has 3 nitrogen and oxygen atoms in total. The Morgan fingerprint density at radius 2 is 1.65 bits per heavy atom. The smallest absolute Gasteiger partial charge is 0.0407 e. The Hall–Kier alpha value is -0.770.